The second-order valence-corrected chi connectivity index (χ2v) is 6.45. The molecule has 0 aliphatic heterocycles. The molecule has 7 heteroatoms. The number of hydrogen-bond acceptors (Lipinski definition) is 5. The minimum atomic E-state index is 0.0521. The quantitative estimate of drug-likeness (QED) is 0.238. The molecule has 0 bridgehead atoms. The lowest BCUT2D eigenvalue weighted by atomic mass is 10.0. The standard InChI is InChI=1S/C21H11N6S/c1-23-19(13-22)17-11-12-18(16-10-6-5-9-15(16)17)25-26-21-24-20(27-28-21)14-7-3-2-4-8-14/h2-12H/q-1. The zero-order chi connectivity index (χ0) is 19.3. The molecule has 3 aromatic carbocycles. The van der Waals surface area contributed by atoms with Crippen molar-refractivity contribution in [3.8, 4) is 11.4 Å². The van der Waals surface area contributed by atoms with Crippen molar-refractivity contribution in [3.63, 3.8) is 0 Å². The van der Waals surface area contributed by atoms with Crippen LogP contribution in [-0.2, 0) is 0 Å². The number of fused-ring (bicyclic) bond motifs is 1. The van der Waals surface area contributed by atoms with E-state index in [1.54, 1.807) is 12.1 Å². The van der Waals surface area contributed by atoms with E-state index >= 15 is 0 Å². The molecule has 0 unspecified atom stereocenters. The number of rotatable bonds is 4. The Labute approximate surface area is 165 Å². The maximum Gasteiger partial charge on any atom is 0.249 e. The van der Waals surface area contributed by atoms with Crippen molar-refractivity contribution in [2.45, 2.75) is 0 Å². The molecule has 0 amide bonds. The molecule has 0 fully saturated rings. The number of aromatic nitrogens is 2. The lowest BCUT2D eigenvalue weighted by Crippen LogP contribution is -1.84. The topological polar surface area (TPSA) is 77.2 Å². The van der Waals surface area contributed by atoms with Gasteiger partial charge in [-0.2, -0.15) is 9.36 Å². The summed E-state index contributed by atoms with van der Waals surface area (Å²) < 4.78 is 4.32. The van der Waals surface area contributed by atoms with Crippen molar-refractivity contribution in [1.82, 2.24) is 9.36 Å². The Kier molecular flexibility index (Phi) is 4.81. The molecule has 1 heterocycles. The molecule has 0 saturated carbocycles. The Balaban J connectivity index is 1.71. The van der Waals surface area contributed by atoms with Crippen molar-refractivity contribution in [2.75, 3.05) is 0 Å². The highest BCUT2D eigenvalue weighted by molar-refractivity contribution is 7.09. The van der Waals surface area contributed by atoms with E-state index < -0.39 is 0 Å². The number of azo groups is 1. The molecule has 6 nitrogen and oxygen atoms in total. The minimum absolute atomic E-state index is 0.0521. The average Bonchev–Trinajstić information content (AvgIpc) is 3.23. The van der Waals surface area contributed by atoms with E-state index in [-0.39, 0.29) is 5.70 Å². The van der Waals surface area contributed by atoms with Crippen LogP contribution in [0.3, 0.4) is 0 Å². The Morgan fingerprint density at radius 2 is 1.71 bits per heavy atom. The highest BCUT2D eigenvalue weighted by Gasteiger charge is 2.09. The van der Waals surface area contributed by atoms with Crippen LogP contribution in [0.5, 0.6) is 0 Å². The second-order valence-electron chi connectivity index (χ2n) is 5.72. The van der Waals surface area contributed by atoms with Gasteiger partial charge in [0.05, 0.1) is 12.3 Å². The van der Waals surface area contributed by atoms with E-state index in [0.29, 0.717) is 22.2 Å². The van der Waals surface area contributed by atoms with Crippen molar-refractivity contribution in [3.05, 3.63) is 89.1 Å². The van der Waals surface area contributed by atoms with Crippen LogP contribution < -0.4 is 0 Å². The van der Waals surface area contributed by atoms with Crippen LogP contribution in [0.4, 0.5) is 10.8 Å². The van der Waals surface area contributed by atoms with Crippen LogP contribution in [0.25, 0.3) is 38.1 Å². The van der Waals surface area contributed by atoms with Gasteiger partial charge in [0.25, 0.3) is 0 Å². The molecular weight excluding hydrogens is 368 g/mol. The molecule has 4 rings (SSSR count). The number of benzene rings is 3. The van der Waals surface area contributed by atoms with Gasteiger partial charge in [0.2, 0.25) is 10.8 Å². The van der Waals surface area contributed by atoms with Gasteiger partial charge in [0, 0.05) is 22.5 Å². The predicted molar refractivity (Wildman–Crippen MR) is 112 cm³/mol. The average molecular weight is 379 g/mol. The van der Waals surface area contributed by atoms with E-state index in [1.165, 1.54) is 11.5 Å². The molecule has 0 spiro atoms. The summed E-state index contributed by atoms with van der Waals surface area (Å²) >= 11 is 1.18. The first kappa shape index (κ1) is 17.4. The summed E-state index contributed by atoms with van der Waals surface area (Å²) in [6, 6.07) is 20.7. The third kappa shape index (κ3) is 3.33. The van der Waals surface area contributed by atoms with Gasteiger partial charge in [0.15, 0.2) is 5.82 Å². The van der Waals surface area contributed by atoms with Crippen LogP contribution >= 0.6 is 11.5 Å². The van der Waals surface area contributed by atoms with Crippen molar-refractivity contribution in [1.29, 1.82) is 0 Å². The van der Waals surface area contributed by atoms with Crippen LogP contribution in [-0.4, -0.2) is 15.2 Å². The molecule has 0 saturated heterocycles. The molecule has 132 valence electrons. The SMILES string of the molecule is [C-]#[N+]C(=C=[N-])c1ccc(N=Nc2nc(-c3ccccc3)ns2)c2ccccc12. The largest absolute Gasteiger partial charge is 0.775 e. The van der Waals surface area contributed by atoms with Crippen molar-refractivity contribution in [2.24, 2.45) is 10.2 Å². The van der Waals surface area contributed by atoms with E-state index in [9.17, 15) is 5.41 Å². The second kappa shape index (κ2) is 7.72. The maximum absolute atomic E-state index is 9.20. The molecular formula is C21H11N6S-. The van der Waals surface area contributed by atoms with Crippen LogP contribution in [0.15, 0.2) is 77.0 Å². The van der Waals surface area contributed by atoms with Gasteiger partial charge in [-0.3, -0.25) is 5.87 Å². The Morgan fingerprint density at radius 3 is 2.46 bits per heavy atom. The van der Waals surface area contributed by atoms with Gasteiger partial charge in [-0.15, -0.1) is 10.2 Å². The Morgan fingerprint density at radius 1 is 0.964 bits per heavy atom. The van der Waals surface area contributed by atoms with E-state index in [0.717, 1.165) is 16.3 Å². The van der Waals surface area contributed by atoms with Gasteiger partial charge in [-0.1, -0.05) is 60.7 Å². The van der Waals surface area contributed by atoms with Crippen LogP contribution in [0.2, 0.25) is 0 Å². The van der Waals surface area contributed by atoms with Crippen molar-refractivity contribution >= 4 is 44.7 Å². The molecule has 0 atom stereocenters. The number of hydrogen-bond donors (Lipinski definition) is 0. The molecule has 28 heavy (non-hydrogen) atoms. The van der Waals surface area contributed by atoms with Crippen molar-refractivity contribution < 1.29 is 0 Å². The lowest BCUT2D eigenvalue weighted by Gasteiger charge is -2.07. The monoisotopic (exact) mass is 379 g/mol. The van der Waals surface area contributed by atoms with Gasteiger partial charge in [-0.05, 0) is 17.0 Å². The summed E-state index contributed by atoms with van der Waals surface area (Å²) in [5, 5.41) is 19.8. The van der Waals surface area contributed by atoms with Crippen LogP contribution in [0, 0.1) is 6.57 Å². The third-order valence-corrected chi connectivity index (χ3v) is 4.66. The Bertz CT molecular complexity index is 1280. The number of nitrogens with zero attached hydrogens (tertiary/aromatic N) is 6. The molecule has 4 aromatic rings. The lowest BCUT2D eigenvalue weighted by molar-refractivity contribution is 1.20. The highest BCUT2D eigenvalue weighted by atomic mass is 32.1. The fourth-order valence-electron chi connectivity index (χ4n) is 2.78. The smallest absolute Gasteiger partial charge is 0.249 e. The van der Waals surface area contributed by atoms with E-state index in [4.69, 9.17) is 6.57 Å². The fourth-order valence-corrected chi connectivity index (χ4v) is 3.30. The molecule has 0 aliphatic rings. The van der Waals surface area contributed by atoms with Gasteiger partial charge in [0.1, 0.15) is 0 Å². The molecule has 0 N–H and O–H groups in total. The summed E-state index contributed by atoms with van der Waals surface area (Å²) in [6.07, 6.45) is 0. The van der Waals surface area contributed by atoms with Crippen LogP contribution in [0.1, 0.15) is 5.56 Å². The minimum Gasteiger partial charge on any atom is -0.775 e. The summed E-state index contributed by atoms with van der Waals surface area (Å²) in [5.41, 5.74) is 2.21. The fraction of sp³-hybridized carbons (Fsp3) is 0. The predicted octanol–water partition coefficient (Wildman–Crippen LogP) is 6.27. The zero-order valence-electron chi connectivity index (χ0n) is 14.4. The molecule has 0 aliphatic carbocycles. The van der Waals surface area contributed by atoms with Gasteiger partial charge >= 0.3 is 0 Å². The zero-order valence-corrected chi connectivity index (χ0v) is 15.3. The normalized spacial score (nSPS) is 10.7. The van der Waals surface area contributed by atoms with E-state index in [2.05, 4.69) is 24.4 Å². The molecule has 1 aromatic heterocycles. The first-order chi connectivity index (χ1) is 13.8. The Hall–Kier alpha value is -3.98. The molecule has 0 radical (unpaired) electrons. The summed E-state index contributed by atoms with van der Waals surface area (Å²) in [4.78, 5) is 7.72. The highest BCUT2D eigenvalue weighted by Crippen LogP contribution is 2.33. The summed E-state index contributed by atoms with van der Waals surface area (Å²) in [7, 11) is 0. The first-order valence-electron chi connectivity index (χ1n) is 8.27. The van der Waals surface area contributed by atoms with Gasteiger partial charge < -0.3 is 5.41 Å². The summed E-state index contributed by atoms with van der Waals surface area (Å²) in [5.74, 6) is 2.56. The van der Waals surface area contributed by atoms with E-state index in [1.807, 2.05) is 60.5 Å². The maximum atomic E-state index is 9.20. The summed E-state index contributed by atoms with van der Waals surface area (Å²) in [6.45, 7) is 7.20. The first-order valence-corrected chi connectivity index (χ1v) is 9.05. The van der Waals surface area contributed by atoms with Gasteiger partial charge in [-0.25, -0.2) is 4.85 Å². The third-order valence-electron chi connectivity index (χ3n) is 4.06.